The van der Waals surface area contributed by atoms with Gasteiger partial charge in [-0.05, 0) is 23.6 Å². The second kappa shape index (κ2) is 2.51. The third kappa shape index (κ3) is 1.07. The Morgan fingerprint density at radius 2 is 2.27 bits per heavy atom. The highest BCUT2D eigenvalue weighted by molar-refractivity contribution is 7.17. The van der Waals surface area contributed by atoms with Gasteiger partial charge in [-0.1, -0.05) is 0 Å². The molecule has 0 aliphatic rings. The number of hydrogen-bond donors (Lipinski definition) is 1. The predicted molar refractivity (Wildman–Crippen MR) is 49.2 cm³/mol. The SMILES string of the molecule is CNc1ccc2sccc2n1. The van der Waals surface area contributed by atoms with Crippen LogP contribution < -0.4 is 5.32 Å². The molecule has 0 unspecified atom stereocenters. The second-order valence-corrected chi connectivity index (χ2v) is 3.20. The van der Waals surface area contributed by atoms with Crippen LogP contribution in [0.1, 0.15) is 0 Å². The molecule has 0 aliphatic heterocycles. The highest BCUT2D eigenvalue weighted by Gasteiger charge is 1.95. The molecule has 2 rings (SSSR count). The third-order valence-electron chi connectivity index (χ3n) is 1.56. The van der Waals surface area contributed by atoms with Crippen LogP contribution in [-0.2, 0) is 0 Å². The first-order chi connectivity index (χ1) is 5.40. The van der Waals surface area contributed by atoms with Crippen LogP contribution in [0.25, 0.3) is 10.2 Å². The minimum Gasteiger partial charge on any atom is -0.373 e. The average Bonchev–Trinajstić information content (AvgIpc) is 2.50. The monoisotopic (exact) mass is 164 g/mol. The van der Waals surface area contributed by atoms with Crippen molar-refractivity contribution in [2.24, 2.45) is 0 Å². The van der Waals surface area contributed by atoms with Crippen molar-refractivity contribution in [2.75, 3.05) is 12.4 Å². The lowest BCUT2D eigenvalue weighted by Crippen LogP contribution is -1.89. The van der Waals surface area contributed by atoms with Crippen molar-refractivity contribution in [3.05, 3.63) is 23.6 Å². The predicted octanol–water partition coefficient (Wildman–Crippen LogP) is 2.34. The van der Waals surface area contributed by atoms with Crippen molar-refractivity contribution in [2.45, 2.75) is 0 Å². The Balaban J connectivity index is 2.67. The van der Waals surface area contributed by atoms with Gasteiger partial charge in [0.05, 0.1) is 10.2 Å². The van der Waals surface area contributed by atoms with E-state index in [1.165, 1.54) is 4.70 Å². The Labute approximate surface area is 68.9 Å². The topological polar surface area (TPSA) is 24.9 Å². The number of hydrogen-bond acceptors (Lipinski definition) is 3. The Kier molecular flexibility index (Phi) is 1.51. The van der Waals surface area contributed by atoms with Crippen molar-refractivity contribution in [1.82, 2.24) is 4.98 Å². The molecule has 1 N–H and O–H groups in total. The zero-order valence-electron chi connectivity index (χ0n) is 6.16. The van der Waals surface area contributed by atoms with Gasteiger partial charge in [-0.3, -0.25) is 0 Å². The van der Waals surface area contributed by atoms with E-state index in [2.05, 4.69) is 21.7 Å². The quantitative estimate of drug-likeness (QED) is 0.699. The fraction of sp³-hybridized carbons (Fsp3) is 0.125. The van der Waals surface area contributed by atoms with Crippen LogP contribution in [0.3, 0.4) is 0 Å². The van der Waals surface area contributed by atoms with Gasteiger partial charge in [0.25, 0.3) is 0 Å². The van der Waals surface area contributed by atoms with Crippen LogP contribution in [-0.4, -0.2) is 12.0 Å². The van der Waals surface area contributed by atoms with Crippen LogP contribution >= 0.6 is 11.3 Å². The molecule has 0 spiro atoms. The summed E-state index contributed by atoms with van der Waals surface area (Å²) in [6.45, 7) is 0. The van der Waals surface area contributed by atoms with E-state index in [4.69, 9.17) is 0 Å². The smallest absolute Gasteiger partial charge is 0.126 e. The fourth-order valence-electron chi connectivity index (χ4n) is 0.992. The Morgan fingerprint density at radius 1 is 1.36 bits per heavy atom. The van der Waals surface area contributed by atoms with Gasteiger partial charge in [-0.2, -0.15) is 0 Å². The fourth-order valence-corrected chi connectivity index (χ4v) is 1.72. The van der Waals surface area contributed by atoms with Crippen LogP contribution in [0.4, 0.5) is 5.82 Å². The lowest BCUT2D eigenvalue weighted by atomic mass is 10.4. The van der Waals surface area contributed by atoms with E-state index in [1.54, 1.807) is 11.3 Å². The third-order valence-corrected chi connectivity index (χ3v) is 2.43. The van der Waals surface area contributed by atoms with Gasteiger partial charge >= 0.3 is 0 Å². The Morgan fingerprint density at radius 3 is 3.09 bits per heavy atom. The van der Waals surface area contributed by atoms with Gasteiger partial charge < -0.3 is 5.32 Å². The van der Waals surface area contributed by atoms with Crippen LogP contribution in [0.2, 0.25) is 0 Å². The molecule has 2 heterocycles. The molecule has 2 aromatic rings. The maximum atomic E-state index is 4.35. The minimum absolute atomic E-state index is 0.927. The van der Waals surface area contributed by atoms with Gasteiger partial charge in [0.15, 0.2) is 0 Å². The molecule has 2 nitrogen and oxygen atoms in total. The molecule has 2 aromatic heterocycles. The lowest BCUT2D eigenvalue weighted by molar-refractivity contribution is 1.35. The average molecular weight is 164 g/mol. The number of nitrogens with zero attached hydrogens (tertiary/aromatic N) is 1. The van der Waals surface area contributed by atoms with Crippen LogP contribution in [0, 0.1) is 0 Å². The number of rotatable bonds is 1. The molecule has 56 valence electrons. The molecule has 0 bridgehead atoms. The maximum Gasteiger partial charge on any atom is 0.126 e. The van der Waals surface area contributed by atoms with Gasteiger partial charge in [-0.15, -0.1) is 11.3 Å². The normalized spacial score (nSPS) is 10.3. The van der Waals surface area contributed by atoms with Crippen molar-refractivity contribution in [1.29, 1.82) is 0 Å². The molecule has 0 aliphatic carbocycles. The molecular formula is C8H8N2S. The van der Waals surface area contributed by atoms with Crippen molar-refractivity contribution in [3.63, 3.8) is 0 Å². The largest absolute Gasteiger partial charge is 0.373 e. The molecule has 0 saturated heterocycles. The molecule has 0 saturated carbocycles. The summed E-state index contributed by atoms with van der Waals surface area (Å²) in [7, 11) is 1.88. The molecular weight excluding hydrogens is 156 g/mol. The number of thiophene rings is 1. The number of anilines is 1. The standard InChI is InChI=1S/C8H8N2S/c1-9-8-3-2-7-6(10-8)4-5-11-7/h2-5H,1H3,(H,9,10). The van der Waals surface area contributed by atoms with Crippen molar-refractivity contribution < 1.29 is 0 Å². The van der Waals surface area contributed by atoms with E-state index in [0.29, 0.717) is 0 Å². The van der Waals surface area contributed by atoms with Gasteiger partial charge in [0, 0.05) is 7.05 Å². The van der Waals surface area contributed by atoms with E-state index in [-0.39, 0.29) is 0 Å². The maximum absolute atomic E-state index is 4.35. The lowest BCUT2D eigenvalue weighted by Gasteiger charge is -1.96. The number of aromatic nitrogens is 1. The first-order valence-corrected chi connectivity index (χ1v) is 4.30. The minimum atomic E-state index is 0.927. The van der Waals surface area contributed by atoms with E-state index in [1.807, 2.05) is 19.2 Å². The summed E-state index contributed by atoms with van der Waals surface area (Å²) in [5.74, 6) is 0.927. The number of pyridine rings is 1. The van der Waals surface area contributed by atoms with Crippen LogP contribution in [0.15, 0.2) is 23.6 Å². The highest BCUT2D eigenvalue weighted by atomic mass is 32.1. The molecule has 0 amide bonds. The summed E-state index contributed by atoms with van der Waals surface area (Å²) in [5, 5.41) is 5.06. The van der Waals surface area contributed by atoms with E-state index < -0.39 is 0 Å². The zero-order valence-corrected chi connectivity index (χ0v) is 6.98. The summed E-state index contributed by atoms with van der Waals surface area (Å²) in [5.41, 5.74) is 1.07. The number of fused-ring (bicyclic) bond motifs is 1. The molecule has 0 radical (unpaired) electrons. The Hall–Kier alpha value is -1.09. The molecule has 0 fully saturated rings. The van der Waals surface area contributed by atoms with Gasteiger partial charge in [0.1, 0.15) is 5.82 Å². The van der Waals surface area contributed by atoms with E-state index in [0.717, 1.165) is 11.3 Å². The number of nitrogens with one attached hydrogen (secondary N) is 1. The molecule has 11 heavy (non-hydrogen) atoms. The highest BCUT2D eigenvalue weighted by Crippen LogP contribution is 2.19. The van der Waals surface area contributed by atoms with Gasteiger partial charge in [-0.25, -0.2) is 4.98 Å². The second-order valence-electron chi connectivity index (χ2n) is 2.25. The Bertz CT molecular complexity index is 367. The van der Waals surface area contributed by atoms with Crippen molar-refractivity contribution in [3.8, 4) is 0 Å². The van der Waals surface area contributed by atoms with E-state index in [9.17, 15) is 0 Å². The molecule has 0 atom stereocenters. The summed E-state index contributed by atoms with van der Waals surface area (Å²) in [6, 6.07) is 6.10. The first kappa shape index (κ1) is 6.61. The zero-order chi connectivity index (χ0) is 7.68. The van der Waals surface area contributed by atoms with Crippen molar-refractivity contribution >= 4 is 27.4 Å². The summed E-state index contributed by atoms with van der Waals surface area (Å²) >= 11 is 1.72. The summed E-state index contributed by atoms with van der Waals surface area (Å²) in [6.07, 6.45) is 0. The summed E-state index contributed by atoms with van der Waals surface area (Å²) < 4.78 is 1.24. The van der Waals surface area contributed by atoms with Crippen LogP contribution in [0.5, 0.6) is 0 Å². The molecule has 3 heteroatoms. The van der Waals surface area contributed by atoms with Gasteiger partial charge in [0.2, 0.25) is 0 Å². The van der Waals surface area contributed by atoms with E-state index >= 15 is 0 Å². The summed E-state index contributed by atoms with van der Waals surface area (Å²) in [4.78, 5) is 4.35. The first-order valence-electron chi connectivity index (χ1n) is 3.42. The molecule has 0 aromatic carbocycles.